The molecule has 0 spiro atoms. The molecule has 4 rings (SSSR count). The molecule has 1 unspecified atom stereocenters. The average Bonchev–Trinajstić information content (AvgIpc) is 3.38. The van der Waals surface area contributed by atoms with Crippen LogP contribution in [-0.4, -0.2) is 33.4 Å². The first-order valence-electron chi connectivity index (χ1n) is 8.96. The van der Waals surface area contributed by atoms with Crippen LogP contribution < -0.4 is 10.1 Å². The summed E-state index contributed by atoms with van der Waals surface area (Å²) < 4.78 is 7.19. The summed E-state index contributed by atoms with van der Waals surface area (Å²) in [6, 6.07) is 6.00. The number of amides is 1. The second kappa shape index (κ2) is 6.82. The predicted molar refractivity (Wildman–Crippen MR) is 93.2 cm³/mol. The Hall–Kier alpha value is -2.83. The van der Waals surface area contributed by atoms with E-state index in [1.807, 2.05) is 0 Å². The molecule has 0 radical (unpaired) electrons. The van der Waals surface area contributed by atoms with Gasteiger partial charge in [0.25, 0.3) is 5.91 Å². The van der Waals surface area contributed by atoms with E-state index >= 15 is 0 Å². The molecule has 0 saturated heterocycles. The average molecular weight is 355 g/mol. The molecular formula is C19H21N3O4. The maximum Gasteiger partial charge on any atom is 0.330 e. The Kier molecular flexibility index (Phi) is 4.36. The van der Waals surface area contributed by atoms with Crippen molar-refractivity contribution in [3.05, 3.63) is 47.3 Å². The van der Waals surface area contributed by atoms with Gasteiger partial charge in [-0.05, 0) is 42.2 Å². The number of carbonyl (C=O) groups is 2. The molecule has 1 aromatic carbocycles. The monoisotopic (exact) mass is 355 g/mol. The van der Waals surface area contributed by atoms with Gasteiger partial charge in [-0.15, -0.1) is 0 Å². The third-order valence-corrected chi connectivity index (χ3v) is 5.14. The normalized spacial score (nSPS) is 17.5. The molecule has 7 nitrogen and oxygen atoms in total. The molecule has 1 saturated carbocycles. The molecule has 2 aromatic rings. The molecule has 2 N–H and O–H groups in total. The fraction of sp³-hybridized carbons (Fsp3) is 0.421. The second-order valence-electron chi connectivity index (χ2n) is 6.81. The number of ether oxygens (including phenoxy) is 1. The summed E-state index contributed by atoms with van der Waals surface area (Å²) in [7, 11) is 0. The summed E-state index contributed by atoms with van der Waals surface area (Å²) in [5.41, 5.74) is 1.92. The van der Waals surface area contributed by atoms with Crippen molar-refractivity contribution >= 4 is 11.9 Å². The number of fused-ring (bicyclic) bond motifs is 1. The van der Waals surface area contributed by atoms with Gasteiger partial charge >= 0.3 is 5.97 Å². The molecule has 1 aliphatic heterocycles. The van der Waals surface area contributed by atoms with Crippen LogP contribution in [0.1, 0.15) is 59.4 Å². The molecule has 2 aliphatic rings. The molecule has 1 aromatic heterocycles. The predicted octanol–water partition coefficient (Wildman–Crippen LogP) is 2.49. The number of hydrogen-bond acceptors (Lipinski definition) is 4. The lowest BCUT2D eigenvalue weighted by molar-refractivity contribution is -0.139. The fourth-order valence-electron chi connectivity index (χ4n) is 3.81. The van der Waals surface area contributed by atoms with Crippen LogP contribution in [0.5, 0.6) is 5.75 Å². The lowest BCUT2D eigenvalue weighted by Gasteiger charge is -2.18. The molecule has 26 heavy (non-hydrogen) atoms. The molecule has 1 fully saturated rings. The number of nitrogens with one attached hydrogen (secondary N) is 1. The molecule has 7 heteroatoms. The van der Waals surface area contributed by atoms with Gasteiger partial charge in [-0.3, -0.25) is 9.48 Å². The lowest BCUT2D eigenvalue weighted by atomic mass is 10.0. The Bertz CT molecular complexity index is 839. The number of nitrogens with zero attached hydrogens (tertiary/aromatic N) is 2. The van der Waals surface area contributed by atoms with Gasteiger partial charge in [0.15, 0.2) is 6.04 Å². The number of carboxylic acid groups (broad SMARTS) is 1. The number of aromatic nitrogens is 2. The molecule has 136 valence electrons. The number of carbonyl (C=O) groups excluding carboxylic acids is 1. The summed E-state index contributed by atoms with van der Waals surface area (Å²) in [6.07, 6.45) is 6.58. The van der Waals surface area contributed by atoms with E-state index in [-0.39, 0.29) is 6.04 Å². The van der Waals surface area contributed by atoms with Crippen LogP contribution in [-0.2, 0) is 11.2 Å². The van der Waals surface area contributed by atoms with Crippen LogP contribution in [0, 0.1) is 0 Å². The Labute approximate surface area is 151 Å². The summed E-state index contributed by atoms with van der Waals surface area (Å²) in [5, 5.41) is 16.6. The molecule has 1 atom stereocenters. The lowest BCUT2D eigenvalue weighted by Crippen LogP contribution is -2.35. The summed E-state index contributed by atoms with van der Waals surface area (Å²) >= 11 is 0. The smallest absolute Gasteiger partial charge is 0.330 e. The topological polar surface area (TPSA) is 93.5 Å². The van der Waals surface area contributed by atoms with Gasteiger partial charge in [-0.25, -0.2) is 4.79 Å². The van der Waals surface area contributed by atoms with E-state index < -0.39 is 17.9 Å². The number of carboxylic acids is 1. The largest absolute Gasteiger partial charge is 0.493 e. The standard InChI is InChI=1S/C19H21N3O4/c23-18(15-7-9-20-22(15)14-3-1-2-4-14)21-17(19(24)25)13-5-6-16-12(11-13)8-10-26-16/h5-7,9,11,14,17H,1-4,8,10H2,(H,21,23)(H,24,25). The molecular weight excluding hydrogens is 334 g/mol. The van der Waals surface area contributed by atoms with Crippen LogP contribution in [0.4, 0.5) is 0 Å². The van der Waals surface area contributed by atoms with Crippen LogP contribution >= 0.6 is 0 Å². The number of aliphatic carboxylic acids is 1. The van der Waals surface area contributed by atoms with Crippen molar-refractivity contribution in [2.24, 2.45) is 0 Å². The van der Waals surface area contributed by atoms with Crippen LogP contribution in [0.25, 0.3) is 0 Å². The van der Waals surface area contributed by atoms with Gasteiger partial charge in [0.2, 0.25) is 0 Å². The van der Waals surface area contributed by atoms with Gasteiger partial charge in [0.05, 0.1) is 12.6 Å². The summed E-state index contributed by atoms with van der Waals surface area (Å²) in [6.45, 7) is 0.601. The minimum atomic E-state index is -1.11. The summed E-state index contributed by atoms with van der Waals surface area (Å²) in [5.74, 6) is -0.730. The Morgan fingerprint density at radius 2 is 2.08 bits per heavy atom. The quantitative estimate of drug-likeness (QED) is 0.859. The van der Waals surface area contributed by atoms with Crippen molar-refractivity contribution in [3.63, 3.8) is 0 Å². The van der Waals surface area contributed by atoms with Gasteiger partial charge < -0.3 is 15.2 Å². The van der Waals surface area contributed by atoms with Crippen molar-refractivity contribution in [2.75, 3.05) is 6.61 Å². The van der Waals surface area contributed by atoms with E-state index in [2.05, 4.69) is 10.4 Å². The Balaban J connectivity index is 1.57. The van der Waals surface area contributed by atoms with E-state index in [1.165, 1.54) is 0 Å². The Morgan fingerprint density at radius 1 is 1.27 bits per heavy atom. The first kappa shape index (κ1) is 16.6. The highest BCUT2D eigenvalue weighted by Crippen LogP contribution is 2.31. The minimum Gasteiger partial charge on any atom is -0.493 e. The highest BCUT2D eigenvalue weighted by Gasteiger charge is 2.28. The van der Waals surface area contributed by atoms with Gasteiger partial charge in [-0.2, -0.15) is 5.10 Å². The molecule has 1 amide bonds. The zero-order chi connectivity index (χ0) is 18.1. The zero-order valence-electron chi connectivity index (χ0n) is 14.4. The molecule has 0 bridgehead atoms. The van der Waals surface area contributed by atoms with Crippen molar-refractivity contribution in [1.82, 2.24) is 15.1 Å². The van der Waals surface area contributed by atoms with E-state index in [9.17, 15) is 14.7 Å². The third-order valence-electron chi connectivity index (χ3n) is 5.14. The highest BCUT2D eigenvalue weighted by atomic mass is 16.5. The van der Waals surface area contributed by atoms with Crippen molar-refractivity contribution in [2.45, 2.75) is 44.2 Å². The fourth-order valence-corrected chi connectivity index (χ4v) is 3.81. The maximum absolute atomic E-state index is 12.7. The number of hydrogen-bond donors (Lipinski definition) is 2. The first-order valence-corrected chi connectivity index (χ1v) is 8.96. The van der Waals surface area contributed by atoms with Crippen molar-refractivity contribution < 1.29 is 19.4 Å². The zero-order valence-corrected chi connectivity index (χ0v) is 14.4. The minimum absolute atomic E-state index is 0.214. The van der Waals surface area contributed by atoms with E-state index in [0.29, 0.717) is 17.9 Å². The Morgan fingerprint density at radius 3 is 2.85 bits per heavy atom. The van der Waals surface area contributed by atoms with Crippen molar-refractivity contribution in [3.8, 4) is 5.75 Å². The third kappa shape index (κ3) is 3.05. The van der Waals surface area contributed by atoms with Crippen LogP contribution in [0.15, 0.2) is 30.5 Å². The number of benzene rings is 1. The molecule has 2 heterocycles. The van der Waals surface area contributed by atoms with E-state index in [1.54, 1.807) is 35.1 Å². The summed E-state index contributed by atoms with van der Waals surface area (Å²) in [4.78, 5) is 24.5. The van der Waals surface area contributed by atoms with Gasteiger partial charge in [0, 0.05) is 12.6 Å². The maximum atomic E-state index is 12.7. The van der Waals surface area contributed by atoms with Crippen molar-refractivity contribution in [1.29, 1.82) is 0 Å². The molecule has 1 aliphatic carbocycles. The van der Waals surface area contributed by atoms with Gasteiger partial charge in [0.1, 0.15) is 11.4 Å². The van der Waals surface area contributed by atoms with E-state index in [0.717, 1.165) is 43.4 Å². The SMILES string of the molecule is O=C(NC(C(=O)O)c1ccc2c(c1)CCO2)c1ccnn1C1CCCC1. The van der Waals surface area contributed by atoms with E-state index in [4.69, 9.17) is 4.74 Å². The van der Waals surface area contributed by atoms with Crippen LogP contribution in [0.2, 0.25) is 0 Å². The second-order valence-corrected chi connectivity index (χ2v) is 6.81. The van der Waals surface area contributed by atoms with Gasteiger partial charge in [-0.1, -0.05) is 18.9 Å². The number of rotatable bonds is 5. The highest BCUT2D eigenvalue weighted by molar-refractivity contribution is 5.95. The van der Waals surface area contributed by atoms with Crippen LogP contribution in [0.3, 0.4) is 0 Å². The first-order chi connectivity index (χ1) is 12.6.